The van der Waals surface area contributed by atoms with E-state index >= 15 is 0 Å². The van der Waals surface area contributed by atoms with Crippen LogP contribution < -0.4 is 15.0 Å². The van der Waals surface area contributed by atoms with Crippen molar-refractivity contribution in [3.8, 4) is 5.75 Å². The summed E-state index contributed by atoms with van der Waals surface area (Å²) in [5.41, 5.74) is 3.44. The minimum atomic E-state index is -0.456. The zero-order valence-corrected chi connectivity index (χ0v) is 16.3. The molecule has 2 aromatic carbocycles. The Balaban J connectivity index is 1.79. The normalized spacial score (nSPS) is 11.7. The highest BCUT2D eigenvalue weighted by Gasteiger charge is 2.19. The molecule has 0 aliphatic rings. The molecule has 1 atom stereocenters. The topological polar surface area (TPSA) is 41.6 Å². The molecule has 2 aromatic rings. The highest BCUT2D eigenvalue weighted by atomic mass is 16.5. The molecule has 26 heavy (non-hydrogen) atoms. The predicted octanol–water partition coefficient (Wildman–Crippen LogP) is 4.10. The van der Waals surface area contributed by atoms with Crippen LogP contribution in [0.1, 0.15) is 30.9 Å². The number of hydrogen-bond acceptors (Lipinski definition) is 3. The number of aryl methyl sites for hydroxylation is 1. The largest absolute Gasteiger partial charge is 0.480 e. The van der Waals surface area contributed by atoms with Gasteiger partial charge in [0.15, 0.2) is 6.10 Å². The maximum atomic E-state index is 12.4. The average molecular weight is 354 g/mol. The van der Waals surface area contributed by atoms with E-state index in [9.17, 15) is 4.79 Å². The van der Waals surface area contributed by atoms with Gasteiger partial charge in [0.2, 0.25) is 0 Å². The van der Waals surface area contributed by atoms with E-state index < -0.39 is 6.10 Å². The van der Waals surface area contributed by atoms with Crippen LogP contribution in [0.25, 0.3) is 0 Å². The van der Waals surface area contributed by atoms with Gasteiger partial charge >= 0.3 is 0 Å². The van der Waals surface area contributed by atoms with Gasteiger partial charge in [0.05, 0.1) is 0 Å². The Bertz CT molecular complexity index is 701. The molecule has 0 fully saturated rings. The first-order chi connectivity index (χ1) is 12.5. The molecule has 1 N–H and O–H groups in total. The highest BCUT2D eigenvalue weighted by Crippen LogP contribution is 2.22. The van der Waals surface area contributed by atoms with E-state index in [0.29, 0.717) is 13.0 Å². The second-order valence-electron chi connectivity index (χ2n) is 6.61. The van der Waals surface area contributed by atoms with E-state index in [-0.39, 0.29) is 5.91 Å². The van der Waals surface area contributed by atoms with Gasteiger partial charge in [-0.1, -0.05) is 37.3 Å². The van der Waals surface area contributed by atoms with Crippen molar-refractivity contribution in [2.24, 2.45) is 0 Å². The highest BCUT2D eigenvalue weighted by molar-refractivity contribution is 5.81. The van der Waals surface area contributed by atoms with Gasteiger partial charge in [0.25, 0.3) is 5.91 Å². The van der Waals surface area contributed by atoms with Gasteiger partial charge in [-0.2, -0.15) is 0 Å². The third kappa shape index (κ3) is 5.51. The lowest BCUT2D eigenvalue weighted by atomic mass is 10.1. The van der Waals surface area contributed by atoms with E-state index in [2.05, 4.69) is 29.4 Å². The van der Waals surface area contributed by atoms with E-state index in [0.717, 1.165) is 24.3 Å². The maximum absolute atomic E-state index is 12.4. The Morgan fingerprint density at radius 1 is 1.12 bits per heavy atom. The number of benzene rings is 2. The summed E-state index contributed by atoms with van der Waals surface area (Å²) >= 11 is 0. The quantitative estimate of drug-likeness (QED) is 0.689. The number of ether oxygens (including phenoxy) is 1. The molecule has 140 valence electrons. The molecule has 0 saturated carbocycles. The number of nitrogens with one attached hydrogen (secondary N) is 1. The number of carbonyl (C=O) groups excluding carboxylic acids is 1. The molecular formula is C22H30N2O2. The Hall–Kier alpha value is -2.49. The Morgan fingerprint density at radius 2 is 1.85 bits per heavy atom. The average Bonchev–Trinajstić information content (AvgIpc) is 2.66. The van der Waals surface area contributed by atoms with Gasteiger partial charge < -0.3 is 15.0 Å². The summed E-state index contributed by atoms with van der Waals surface area (Å²) in [4.78, 5) is 14.6. The van der Waals surface area contributed by atoms with E-state index in [1.807, 2.05) is 57.2 Å². The van der Waals surface area contributed by atoms with Crippen molar-refractivity contribution in [2.75, 3.05) is 25.0 Å². The van der Waals surface area contributed by atoms with Crippen LogP contribution in [0.4, 0.5) is 5.69 Å². The fourth-order valence-corrected chi connectivity index (χ4v) is 2.78. The molecule has 4 heteroatoms. The van der Waals surface area contributed by atoms with Crippen molar-refractivity contribution in [3.63, 3.8) is 0 Å². The van der Waals surface area contributed by atoms with Crippen molar-refractivity contribution < 1.29 is 9.53 Å². The molecule has 0 bridgehead atoms. The van der Waals surface area contributed by atoms with Crippen molar-refractivity contribution in [2.45, 2.75) is 39.7 Å². The smallest absolute Gasteiger partial charge is 0.261 e. The minimum Gasteiger partial charge on any atom is -0.480 e. The third-order valence-electron chi connectivity index (χ3n) is 4.65. The summed E-state index contributed by atoms with van der Waals surface area (Å²) in [6, 6.07) is 16.2. The lowest BCUT2D eigenvalue weighted by Crippen LogP contribution is -2.39. The first-order valence-corrected chi connectivity index (χ1v) is 9.29. The van der Waals surface area contributed by atoms with Crippen LogP contribution in [-0.4, -0.2) is 32.1 Å². The van der Waals surface area contributed by atoms with Crippen molar-refractivity contribution in [1.29, 1.82) is 0 Å². The molecule has 0 aromatic heterocycles. The summed E-state index contributed by atoms with van der Waals surface area (Å²) in [5, 5.41) is 3.00. The Kier molecular flexibility index (Phi) is 7.52. The second-order valence-corrected chi connectivity index (χ2v) is 6.61. The molecule has 0 heterocycles. The van der Waals surface area contributed by atoms with Crippen LogP contribution >= 0.6 is 0 Å². The predicted molar refractivity (Wildman–Crippen MR) is 108 cm³/mol. The first kappa shape index (κ1) is 19.8. The van der Waals surface area contributed by atoms with Crippen LogP contribution in [0.2, 0.25) is 0 Å². The van der Waals surface area contributed by atoms with Crippen molar-refractivity contribution in [1.82, 2.24) is 5.32 Å². The molecule has 1 amide bonds. The molecule has 0 aliphatic carbocycles. The molecule has 4 nitrogen and oxygen atoms in total. The molecule has 0 aliphatic heterocycles. The minimum absolute atomic E-state index is 0.0456. The summed E-state index contributed by atoms with van der Waals surface area (Å²) < 4.78 is 5.96. The van der Waals surface area contributed by atoms with E-state index in [1.165, 1.54) is 11.3 Å². The summed E-state index contributed by atoms with van der Waals surface area (Å²) in [7, 11) is 2.07. The van der Waals surface area contributed by atoms with Crippen LogP contribution in [0.3, 0.4) is 0 Å². The summed E-state index contributed by atoms with van der Waals surface area (Å²) in [6.07, 6.45) is 1.07. The lowest BCUT2D eigenvalue weighted by molar-refractivity contribution is -0.128. The van der Waals surface area contributed by atoms with E-state index in [1.54, 1.807) is 0 Å². The van der Waals surface area contributed by atoms with Gasteiger partial charge in [-0.3, -0.25) is 4.79 Å². The molecule has 0 saturated heterocycles. The van der Waals surface area contributed by atoms with Crippen molar-refractivity contribution in [3.05, 3.63) is 59.7 Å². The number of rotatable bonds is 9. The Labute approximate surface area is 157 Å². The molecule has 0 unspecified atom stereocenters. The number of anilines is 1. The number of carbonyl (C=O) groups is 1. The van der Waals surface area contributed by atoms with Gasteiger partial charge in [0.1, 0.15) is 5.75 Å². The maximum Gasteiger partial charge on any atom is 0.261 e. The van der Waals surface area contributed by atoms with Crippen LogP contribution in [-0.2, 0) is 4.79 Å². The van der Waals surface area contributed by atoms with Crippen LogP contribution in [0.15, 0.2) is 48.5 Å². The molecule has 2 rings (SSSR count). The van der Waals surface area contributed by atoms with E-state index in [4.69, 9.17) is 4.74 Å². The molecular weight excluding hydrogens is 324 g/mol. The zero-order chi connectivity index (χ0) is 18.9. The van der Waals surface area contributed by atoms with Gasteiger partial charge in [-0.15, -0.1) is 0 Å². The van der Waals surface area contributed by atoms with Gasteiger partial charge in [0, 0.05) is 25.8 Å². The molecule has 0 radical (unpaired) electrons. The SMILES string of the molecule is CC[C@@H](Oc1cccc(C)c1C)C(=O)NCCCN(C)c1ccccc1. The number of amides is 1. The Morgan fingerprint density at radius 3 is 2.54 bits per heavy atom. The zero-order valence-electron chi connectivity index (χ0n) is 16.3. The number of hydrogen-bond donors (Lipinski definition) is 1. The third-order valence-corrected chi connectivity index (χ3v) is 4.65. The van der Waals surface area contributed by atoms with Crippen LogP contribution in [0.5, 0.6) is 5.75 Å². The summed E-state index contributed by atoms with van der Waals surface area (Å²) in [5.74, 6) is 0.742. The monoisotopic (exact) mass is 354 g/mol. The second kappa shape index (κ2) is 9.85. The van der Waals surface area contributed by atoms with Gasteiger partial charge in [-0.25, -0.2) is 0 Å². The number of para-hydroxylation sites is 1. The van der Waals surface area contributed by atoms with Crippen LogP contribution in [0, 0.1) is 13.8 Å². The van der Waals surface area contributed by atoms with Gasteiger partial charge in [-0.05, 0) is 56.0 Å². The summed E-state index contributed by atoms with van der Waals surface area (Å²) in [6.45, 7) is 7.57. The fraction of sp³-hybridized carbons (Fsp3) is 0.409. The first-order valence-electron chi connectivity index (χ1n) is 9.29. The molecule has 0 spiro atoms. The number of nitrogens with zero attached hydrogens (tertiary/aromatic N) is 1. The van der Waals surface area contributed by atoms with Crippen molar-refractivity contribution >= 4 is 11.6 Å². The standard InChI is InChI=1S/C22H30N2O2/c1-5-20(26-21-14-9-11-17(2)18(21)3)22(25)23-15-10-16-24(4)19-12-7-6-8-13-19/h6-9,11-14,20H,5,10,15-16H2,1-4H3,(H,23,25)/t20-/m1/s1. The lowest BCUT2D eigenvalue weighted by Gasteiger charge is -2.21. The fourth-order valence-electron chi connectivity index (χ4n) is 2.78.